The van der Waals surface area contributed by atoms with Gasteiger partial charge in [-0.15, -0.1) is 0 Å². The molecule has 9 nitrogen and oxygen atoms in total. The van der Waals surface area contributed by atoms with E-state index in [9.17, 15) is 9.59 Å². The number of likely N-dealkylation sites (N-methyl/N-ethyl adjacent to an activating group) is 1. The van der Waals surface area contributed by atoms with E-state index in [1.165, 1.54) is 6.20 Å². The first kappa shape index (κ1) is 20.4. The van der Waals surface area contributed by atoms with E-state index >= 15 is 0 Å². The van der Waals surface area contributed by atoms with Crippen molar-refractivity contribution in [3.8, 4) is 0 Å². The molecule has 29 heavy (non-hydrogen) atoms. The highest BCUT2D eigenvalue weighted by Crippen LogP contribution is 2.27. The second-order valence-corrected chi connectivity index (χ2v) is 6.84. The fraction of sp³-hybridized carbons (Fsp3) is 0.400. The number of nitrogens with one attached hydrogen (secondary N) is 3. The van der Waals surface area contributed by atoms with Crippen molar-refractivity contribution < 1.29 is 9.59 Å². The number of hydrogen-bond acceptors (Lipinski definition) is 7. The van der Waals surface area contributed by atoms with E-state index in [1.54, 1.807) is 7.05 Å². The van der Waals surface area contributed by atoms with Crippen LogP contribution in [0.1, 0.15) is 36.5 Å². The van der Waals surface area contributed by atoms with Gasteiger partial charge in [0.1, 0.15) is 11.9 Å². The van der Waals surface area contributed by atoms with Crippen molar-refractivity contribution in [2.24, 2.45) is 5.73 Å². The standard InChI is InChI=1S/C20H27N7O2/c1-3-23-18-15(17(21)28)12-24-20(26-18)25-13-7-9-14(10-8-13)27-11-5-4-6-16(27)19(29)22-2/h7-10,12,16H,3-6,11H2,1-2H3,(H2,21,28)(H,22,29)(H2,23,24,25,26)/t16-/m0/s1. The molecule has 0 spiro atoms. The van der Waals surface area contributed by atoms with Gasteiger partial charge in [0, 0.05) is 37.7 Å². The average Bonchev–Trinajstić information content (AvgIpc) is 2.74. The lowest BCUT2D eigenvalue weighted by molar-refractivity contribution is -0.122. The molecule has 1 aromatic heterocycles. The number of rotatable bonds is 7. The summed E-state index contributed by atoms with van der Waals surface area (Å²) >= 11 is 0. The van der Waals surface area contributed by atoms with Gasteiger partial charge in [-0.25, -0.2) is 4.98 Å². The van der Waals surface area contributed by atoms with E-state index in [1.807, 2.05) is 31.2 Å². The Hall–Kier alpha value is -3.36. The molecular formula is C20H27N7O2. The van der Waals surface area contributed by atoms with Gasteiger partial charge in [0.15, 0.2) is 0 Å². The molecule has 3 rings (SSSR count). The summed E-state index contributed by atoms with van der Waals surface area (Å²) in [5, 5.41) is 8.91. The monoisotopic (exact) mass is 397 g/mol. The molecule has 1 fully saturated rings. The number of anilines is 4. The number of piperidine rings is 1. The van der Waals surface area contributed by atoms with Crippen LogP contribution in [0.2, 0.25) is 0 Å². The van der Waals surface area contributed by atoms with Crippen LogP contribution in [0.15, 0.2) is 30.5 Å². The number of nitrogens with zero attached hydrogens (tertiary/aromatic N) is 3. The average molecular weight is 397 g/mol. The van der Waals surface area contributed by atoms with Gasteiger partial charge in [0.2, 0.25) is 11.9 Å². The summed E-state index contributed by atoms with van der Waals surface area (Å²) < 4.78 is 0. The molecule has 1 atom stereocenters. The first-order valence-electron chi connectivity index (χ1n) is 9.79. The number of amides is 2. The van der Waals surface area contributed by atoms with Gasteiger partial charge in [0.25, 0.3) is 5.91 Å². The zero-order chi connectivity index (χ0) is 20.8. The third-order valence-corrected chi connectivity index (χ3v) is 4.91. The van der Waals surface area contributed by atoms with Gasteiger partial charge in [-0.3, -0.25) is 9.59 Å². The van der Waals surface area contributed by atoms with Gasteiger partial charge in [0.05, 0.1) is 5.56 Å². The van der Waals surface area contributed by atoms with Gasteiger partial charge in [-0.1, -0.05) is 0 Å². The molecule has 2 heterocycles. The first-order valence-corrected chi connectivity index (χ1v) is 9.79. The van der Waals surface area contributed by atoms with Crippen LogP contribution in [0.4, 0.5) is 23.1 Å². The Kier molecular flexibility index (Phi) is 6.48. The van der Waals surface area contributed by atoms with Crippen molar-refractivity contribution in [3.05, 3.63) is 36.0 Å². The Morgan fingerprint density at radius 2 is 2.00 bits per heavy atom. The second kappa shape index (κ2) is 9.22. The van der Waals surface area contributed by atoms with Gasteiger partial charge in [-0.05, 0) is 50.5 Å². The Morgan fingerprint density at radius 1 is 1.24 bits per heavy atom. The SMILES string of the molecule is CCNc1nc(Nc2ccc(N3CCCC[C@H]3C(=O)NC)cc2)ncc1C(N)=O. The topological polar surface area (TPSA) is 125 Å². The van der Waals surface area contributed by atoms with E-state index in [4.69, 9.17) is 5.73 Å². The fourth-order valence-corrected chi connectivity index (χ4v) is 3.47. The highest BCUT2D eigenvalue weighted by Gasteiger charge is 2.28. The van der Waals surface area contributed by atoms with Crippen LogP contribution in [0.25, 0.3) is 0 Å². The van der Waals surface area contributed by atoms with Crippen LogP contribution >= 0.6 is 0 Å². The van der Waals surface area contributed by atoms with Crippen LogP contribution in [0.5, 0.6) is 0 Å². The first-order chi connectivity index (χ1) is 14.0. The quantitative estimate of drug-likeness (QED) is 0.562. The molecule has 0 unspecified atom stereocenters. The van der Waals surface area contributed by atoms with Crippen LogP contribution < -0.4 is 26.6 Å². The molecular weight excluding hydrogens is 370 g/mol. The number of carbonyl (C=O) groups is 2. The van der Waals surface area contributed by atoms with E-state index in [0.717, 1.165) is 37.2 Å². The molecule has 1 aromatic carbocycles. The minimum Gasteiger partial charge on any atom is -0.370 e. The van der Waals surface area contributed by atoms with E-state index in [0.29, 0.717) is 18.3 Å². The van der Waals surface area contributed by atoms with E-state index in [2.05, 4.69) is 30.8 Å². The zero-order valence-corrected chi connectivity index (χ0v) is 16.7. The molecule has 154 valence electrons. The molecule has 5 N–H and O–H groups in total. The molecule has 9 heteroatoms. The maximum atomic E-state index is 12.2. The summed E-state index contributed by atoms with van der Waals surface area (Å²) in [6.07, 6.45) is 4.39. The summed E-state index contributed by atoms with van der Waals surface area (Å²) in [5.41, 5.74) is 7.42. The maximum absolute atomic E-state index is 12.2. The molecule has 0 aliphatic carbocycles. The smallest absolute Gasteiger partial charge is 0.254 e. The minimum absolute atomic E-state index is 0.0470. The number of benzene rings is 1. The van der Waals surface area contributed by atoms with Crippen molar-refractivity contribution in [2.45, 2.75) is 32.2 Å². The third kappa shape index (κ3) is 4.74. The Morgan fingerprint density at radius 3 is 2.66 bits per heavy atom. The largest absolute Gasteiger partial charge is 0.370 e. The lowest BCUT2D eigenvalue weighted by Crippen LogP contribution is -2.48. The Balaban J connectivity index is 1.76. The van der Waals surface area contributed by atoms with Gasteiger partial charge >= 0.3 is 0 Å². The predicted octanol–water partition coefficient (Wildman–Crippen LogP) is 1.86. The highest BCUT2D eigenvalue weighted by atomic mass is 16.2. The summed E-state index contributed by atoms with van der Waals surface area (Å²) in [5.74, 6) is 0.227. The van der Waals surface area contributed by atoms with Gasteiger partial charge in [-0.2, -0.15) is 4.98 Å². The van der Waals surface area contributed by atoms with Gasteiger partial charge < -0.3 is 26.6 Å². The zero-order valence-electron chi connectivity index (χ0n) is 16.7. The molecule has 0 saturated carbocycles. The number of hydrogen-bond donors (Lipinski definition) is 4. The highest BCUT2D eigenvalue weighted by molar-refractivity contribution is 5.97. The normalized spacial score (nSPS) is 16.2. The Bertz CT molecular complexity index is 870. The van der Waals surface area contributed by atoms with Crippen LogP contribution in [0.3, 0.4) is 0 Å². The minimum atomic E-state index is -0.580. The number of primary amides is 1. The second-order valence-electron chi connectivity index (χ2n) is 6.84. The third-order valence-electron chi connectivity index (χ3n) is 4.91. The lowest BCUT2D eigenvalue weighted by atomic mass is 10.0. The molecule has 1 aliphatic heterocycles. The number of carbonyl (C=O) groups excluding carboxylic acids is 2. The molecule has 0 bridgehead atoms. The number of nitrogens with two attached hydrogens (primary N) is 1. The van der Waals surface area contributed by atoms with Crippen molar-refractivity contribution in [1.82, 2.24) is 15.3 Å². The Labute approximate surface area is 170 Å². The van der Waals surface area contributed by atoms with Crippen LogP contribution in [-0.4, -0.2) is 48.0 Å². The van der Waals surface area contributed by atoms with Crippen LogP contribution in [-0.2, 0) is 4.79 Å². The molecule has 0 radical (unpaired) electrons. The summed E-state index contributed by atoms with van der Waals surface area (Å²) in [7, 11) is 1.67. The van der Waals surface area contributed by atoms with E-state index in [-0.39, 0.29) is 17.5 Å². The predicted molar refractivity (Wildman–Crippen MR) is 113 cm³/mol. The molecule has 1 aliphatic rings. The van der Waals surface area contributed by atoms with Crippen LogP contribution in [0, 0.1) is 0 Å². The summed E-state index contributed by atoms with van der Waals surface area (Å²) in [6, 6.07) is 7.66. The number of aromatic nitrogens is 2. The molecule has 2 aromatic rings. The van der Waals surface area contributed by atoms with Crippen molar-refractivity contribution in [2.75, 3.05) is 35.7 Å². The fourth-order valence-electron chi connectivity index (χ4n) is 3.47. The van der Waals surface area contributed by atoms with Crippen molar-refractivity contribution in [3.63, 3.8) is 0 Å². The lowest BCUT2D eigenvalue weighted by Gasteiger charge is -2.36. The van der Waals surface area contributed by atoms with E-state index < -0.39 is 5.91 Å². The van der Waals surface area contributed by atoms with Crippen molar-refractivity contribution >= 4 is 35.0 Å². The van der Waals surface area contributed by atoms with Crippen molar-refractivity contribution in [1.29, 1.82) is 0 Å². The molecule has 1 saturated heterocycles. The summed E-state index contributed by atoms with van der Waals surface area (Å²) in [4.78, 5) is 34.4. The maximum Gasteiger partial charge on any atom is 0.254 e. The summed E-state index contributed by atoms with van der Waals surface area (Å²) in [6.45, 7) is 3.37. The molecule has 2 amide bonds.